The molecule has 1 fully saturated rings. The van der Waals surface area contributed by atoms with E-state index in [-0.39, 0.29) is 0 Å². The second kappa shape index (κ2) is 6.35. The number of nitrogens with zero attached hydrogens (tertiary/aromatic N) is 1. The van der Waals surface area contributed by atoms with Gasteiger partial charge in [0.05, 0.1) is 0 Å². The molecule has 1 saturated heterocycles. The van der Waals surface area contributed by atoms with Crippen molar-refractivity contribution in [2.45, 2.75) is 32.7 Å². The Balaban J connectivity index is 1.97. The van der Waals surface area contributed by atoms with E-state index in [0.29, 0.717) is 6.04 Å². The molecule has 2 nitrogen and oxygen atoms in total. The first kappa shape index (κ1) is 13.6. The third-order valence-electron chi connectivity index (χ3n) is 4.18. The van der Waals surface area contributed by atoms with Gasteiger partial charge in [0.15, 0.2) is 0 Å². The van der Waals surface area contributed by atoms with Crippen molar-refractivity contribution in [3.8, 4) is 0 Å². The summed E-state index contributed by atoms with van der Waals surface area (Å²) >= 11 is 0. The van der Waals surface area contributed by atoms with E-state index in [4.69, 9.17) is 0 Å². The highest BCUT2D eigenvalue weighted by atomic mass is 15.2. The van der Waals surface area contributed by atoms with Crippen LogP contribution < -0.4 is 5.32 Å². The van der Waals surface area contributed by atoms with E-state index in [1.165, 1.54) is 37.1 Å². The molecule has 18 heavy (non-hydrogen) atoms. The van der Waals surface area contributed by atoms with Crippen molar-refractivity contribution in [2.24, 2.45) is 5.92 Å². The van der Waals surface area contributed by atoms with E-state index >= 15 is 0 Å². The molecule has 1 aliphatic rings. The molecule has 2 unspecified atom stereocenters. The number of likely N-dealkylation sites (tertiary alicyclic amines) is 1. The van der Waals surface area contributed by atoms with E-state index in [2.05, 4.69) is 55.4 Å². The number of nitrogens with one attached hydrogen (secondary N) is 1. The summed E-state index contributed by atoms with van der Waals surface area (Å²) in [7, 11) is 2.07. The second-order valence-electron chi connectivity index (χ2n) is 5.58. The number of benzene rings is 1. The van der Waals surface area contributed by atoms with Crippen molar-refractivity contribution in [3.63, 3.8) is 0 Å². The Hall–Kier alpha value is -0.860. The van der Waals surface area contributed by atoms with Gasteiger partial charge in [-0.1, -0.05) is 43.2 Å². The normalized spacial score (nSPS) is 22.3. The molecule has 2 atom stereocenters. The van der Waals surface area contributed by atoms with Crippen LogP contribution in [0.5, 0.6) is 0 Å². The van der Waals surface area contributed by atoms with Crippen LogP contribution >= 0.6 is 0 Å². The molecular weight excluding hydrogens is 220 g/mol. The number of aryl methyl sites for hydroxylation is 1. The minimum Gasteiger partial charge on any atom is -0.312 e. The van der Waals surface area contributed by atoms with Gasteiger partial charge >= 0.3 is 0 Å². The Kier molecular flexibility index (Phi) is 4.79. The number of likely N-dealkylation sites (N-methyl/N-ethyl adjacent to an activating group) is 1. The minimum atomic E-state index is 0.459. The van der Waals surface area contributed by atoms with Crippen LogP contribution in [0, 0.1) is 12.8 Å². The Morgan fingerprint density at radius 2 is 2.28 bits per heavy atom. The standard InChI is InChI=1S/C16H26N2/c1-4-14-8-9-18(11-14)12-16(17-3)15-7-5-6-13(2)10-15/h5-7,10,14,16-17H,4,8-9,11-12H2,1-3H3. The van der Waals surface area contributed by atoms with E-state index in [9.17, 15) is 0 Å². The van der Waals surface area contributed by atoms with Gasteiger partial charge in [-0.3, -0.25) is 0 Å². The average Bonchev–Trinajstić information content (AvgIpc) is 2.83. The molecule has 0 amide bonds. The molecule has 1 aromatic carbocycles. The lowest BCUT2D eigenvalue weighted by molar-refractivity contribution is 0.287. The molecule has 1 N–H and O–H groups in total. The predicted octanol–water partition coefficient (Wildman–Crippen LogP) is 2.99. The summed E-state index contributed by atoms with van der Waals surface area (Å²) in [6, 6.07) is 9.32. The molecule has 0 aromatic heterocycles. The van der Waals surface area contributed by atoms with Gasteiger partial charge in [0.2, 0.25) is 0 Å². The van der Waals surface area contributed by atoms with Crippen LogP contribution in [0.25, 0.3) is 0 Å². The molecule has 0 spiro atoms. The maximum absolute atomic E-state index is 3.46. The maximum atomic E-state index is 3.46. The van der Waals surface area contributed by atoms with Crippen molar-refractivity contribution in [1.82, 2.24) is 10.2 Å². The molecule has 1 aromatic rings. The van der Waals surface area contributed by atoms with Crippen LogP contribution in [-0.4, -0.2) is 31.6 Å². The number of hydrogen-bond acceptors (Lipinski definition) is 2. The van der Waals surface area contributed by atoms with Crippen molar-refractivity contribution in [2.75, 3.05) is 26.7 Å². The van der Waals surface area contributed by atoms with E-state index < -0.39 is 0 Å². The van der Waals surface area contributed by atoms with E-state index in [0.717, 1.165) is 12.5 Å². The summed E-state index contributed by atoms with van der Waals surface area (Å²) in [6.07, 6.45) is 2.70. The topological polar surface area (TPSA) is 15.3 Å². The fourth-order valence-corrected chi connectivity index (χ4v) is 2.92. The Labute approximate surface area is 111 Å². The monoisotopic (exact) mass is 246 g/mol. The second-order valence-corrected chi connectivity index (χ2v) is 5.58. The zero-order valence-corrected chi connectivity index (χ0v) is 11.9. The smallest absolute Gasteiger partial charge is 0.0446 e. The number of hydrogen-bond donors (Lipinski definition) is 1. The molecule has 100 valence electrons. The summed E-state index contributed by atoms with van der Waals surface area (Å²) in [4.78, 5) is 2.61. The van der Waals surface area contributed by atoms with Gasteiger partial charge in [-0.2, -0.15) is 0 Å². The first-order valence-corrected chi connectivity index (χ1v) is 7.19. The summed E-state index contributed by atoms with van der Waals surface area (Å²) in [6.45, 7) is 8.16. The van der Waals surface area contributed by atoms with E-state index in [1.807, 2.05) is 0 Å². The Morgan fingerprint density at radius 1 is 1.44 bits per heavy atom. The van der Waals surface area contributed by atoms with Gasteiger partial charge in [0.25, 0.3) is 0 Å². The summed E-state index contributed by atoms with van der Waals surface area (Å²) in [5.74, 6) is 0.917. The molecular formula is C16H26N2. The van der Waals surface area contributed by atoms with Crippen LogP contribution in [0.1, 0.15) is 36.9 Å². The Bertz CT molecular complexity index is 375. The van der Waals surface area contributed by atoms with E-state index in [1.54, 1.807) is 0 Å². The number of rotatable bonds is 5. The quantitative estimate of drug-likeness (QED) is 0.859. The Morgan fingerprint density at radius 3 is 2.89 bits per heavy atom. The summed E-state index contributed by atoms with van der Waals surface area (Å²) in [5.41, 5.74) is 2.76. The van der Waals surface area contributed by atoms with Crippen LogP contribution in [0.4, 0.5) is 0 Å². The fourth-order valence-electron chi connectivity index (χ4n) is 2.92. The highest BCUT2D eigenvalue weighted by Crippen LogP contribution is 2.22. The van der Waals surface area contributed by atoms with Crippen molar-refractivity contribution in [3.05, 3.63) is 35.4 Å². The van der Waals surface area contributed by atoms with Gasteiger partial charge < -0.3 is 10.2 Å². The third kappa shape index (κ3) is 3.33. The lowest BCUT2D eigenvalue weighted by Gasteiger charge is -2.24. The molecule has 0 aliphatic carbocycles. The first-order valence-electron chi connectivity index (χ1n) is 7.19. The molecule has 0 saturated carbocycles. The SMILES string of the molecule is CCC1CCN(CC(NC)c2cccc(C)c2)C1. The van der Waals surface area contributed by atoms with Gasteiger partial charge in [0.1, 0.15) is 0 Å². The highest BCUT2D eigenvalue weighted by molar-refractivity contribution is 5.25. The molecule has 1 aliphatic heterocycles. The zero-order valence-electron chi connectivity index (χ0n) is 11.9. The van der Waals surface area contributed by atoms with Crippen molar-refractivity contribution >= 4 is 0 Å². The van der Waals surface area contributed by atoms with Gasteiger partial charge in [0, 0.05) is 19.1 Å². The highest BCUT2D eigenvalue weighted by Gasteiger charge is 2.23. The average molecular weight is 246 g/mol. The van der Waals surface area contributed by atoms with Gasteiger partial charge in [-0.25, -0.2) is 0 Å². The molecule has 2 heteroatoms. The van der Waals surface area contributed by atoms with Crippen LogP contribution in [0.2, 0.25) is 0 Å². The molecule has 0 bridgehead atoms. The first-order chi connectivity index (χ1) is 8.72. The largest absolute Gasteiger partial charge is 0.312 e. The third-order valence-corrected chi connectivity index (χ3v) is 4.18. The lowest BCUT2D eigenvalue weighted by atomic mass is 10.0. The maximum Gasteiger partial charge on any atom is 0.0446 e. The van der Waals surface area contributed by atoms with Gasteiger partial charge in [-0.05, 0) is 38.4 Å². The fraction of sp³-hybridized carbons (Fsp3) is 0.625. The van der Waals surface area contributed by atoms with Gasteiger partial charge in [-0.15, -0.1) is 0 Å². The van der Waals surface area contributed by atoms with Crippen LogP contribution in [-0.2, 0) is 0 Å². The predicted molar refractivity (Wildman–Crippen MR) is 77.8 cm³/mol. The van der Waals surface area contributed by atoms with Crippen molar-refractivity contribution < 1.29 is 0 Å². The molecule has 2 rings (SSSR count). The lowest BCUT2D eigenvalue weighted by Crippen LogP contribution is -2.32. The molecule has 0 radical (unpaired) electrons. The van der Waals surface area contributed by atoms with Crippen LogP contribution in [0.3, 0.4) is 0 Å². The summed E-state index contributed by atoms with van der Waals surface area (Å²) < 4.78 is 0. The van der Waals surface area contributed by atoms with Crippen LogP contribution in [0.15, 0.2) is 24.3 Å². The molecule has 1 heterocycles. The van der Waals surface area contributed by atoms with Crippen molar-refractivity contribution in [1.29, 1.82) is 0 Å². The zero-order chi connectivity index (χ0) is 13.0. The minimum absolute atomic E-state index is 0.459. The summed E-state index contributed by atoms with van der Waals surface area (Å²) in [5, 5.41) is 3.46.